The molecular formula is C25H30ClN3O2. The first-order valence-corrected chi connectivity index (χ1v) is 11.6. The second-order valence-electron chi connectivity index (χ2n) is 8.54. The smallest absolute Gasteiger partial charge is 0.247 e. The molecule has 2 fully saturated rings. The third-order valence-electron chi connectivity index (χ3n) is 6.29. The van der Waals surface area contributed by atoms with Crippen LogP contribution in [0.5, 0.6) is 0 Å². The van der Waals surface area contributed by atoms with E-state index in [9.17, 15) is 9.59 Å². The summed E-state index contributed by atoms with van der Waals surface area (Å²) in [5.74, 6) is 0.0191. The van der Waals surface area contributed by atoms with Crippen LogP contribution in [0.2, 0.25) is 5.02 Å². The number of benzene rings is 2. The van der Waals surface area contributed by atoms with E-state index in [1.807, 2.05) is 42.5 Å². The van der Waals surface area contributed by atoms with Gasteiger partial charge in [0.05, 0.1) is 0 Å². The molecule has 164 valence electrons. The molecule has 4 rings (SSSR count). The lowest BCUT2D eigenvalue weighted by atomic mass is 9.98. The summed E-state index contributed by atoms with van der Waals surface area (Å²) in [5, 5.41) is 4.01. The molecule has 2 amide bonds. The van der Waals surface area contributed by atoms with Gasteiger partial charge in [0.25, 0.3) is 0 Å². The van der Waals surface area contributed by atoms with Crippen LogP contribution in [0.4, 0.5) is 0 Å². The molecule has 0 aliphatic carbocycles. The van der Waals surface area contributed by atoms with Gasteiger partial charge in [0, 0.05) is 43.7 Å². The van der Waals surface area contributed by atoms with Crippen molar-refractivity contribution in [2.45, 2.75) is 50.7 Å². The molecule has 0 spiro atoms. The van der Waals surface area contributed by atoms with Crippen molar-refractivity contribution in [2.75, 3.05) is 19.6 Å². The van der Waals surface area contributed by atoms with Crippen LogP contribution in [-0.2, 0) is 16.1 Å². The average Bonchev–Trinajstić information content (AvgIpc) is 2.79. The molecule has 0 saturated carbocycles. The van der Waals surface area contributed by atoms with Crippen molar-refractivity contribution < 1.29 is 9.59 Å². The molecule has 0 radical (unpaired) electrons. The molecule has 1 N–H and O–H groups in total. The number of amides is 2. The number of nitrogens with zero attached hydrogens (tertiary/aromatic N) is 2. The Bertz CT molecular complexity index is 879. The fraction of sp³-hybridized carbons (Fsp3) is 0.440. The predicted octanol–water partition coefficient (Wildman–Crippen LogP) is 4.17. The first-order chi connectivity index (χ1) is 15.1. The van der Waals surface area contributed by atoms with Crippen LogP contribution in [0.25, 0.3) is 0 Å². The Morgan fingerprint density at radius 2 is 1.71 bits per heavy atom. The van der Waals surface area contributed by atoms with E-state index < -0.39 is 6.04 Å². The maximum absolute atomic E-state index is 13.3. The van der Waals surface area contributed by atoms with Gasteiger partial charge in [-0.1, -0.05) is 54.1 Å². The van der Waals surface area contributed by atoms with Gasteiger partial charge in [-0.05, 0) is 48.9 Å². The highest BCUT2D eigenvalue weighted by Crippen LogP contribution is 2.26. The molecular weight excluding hydrogens is 410 g/mol. The topological polar surface area (TPSA) is 52.7 Å². The standard InChI is InChI=1S/C25H30ClN3O2/c26-21-11-9-19(10-12-21)18-28-16-13-22(14-17-28)27-25(31)24(20-6-2-1-3-7-20)29-15-5-4-8-23(29)30/h1-3,6-7,9-12,22,24H,4-5,8,13-18H2,(H,27,31). The van der Waals surface area contributed by atoms with Crippen LogP contribution in [0, 0.1) is 0 Å². The van der Waals surface area contributed by atoms with Gasteiger partial charge in [0.2, 0.25) is 11.8 Å². The van der Waals surface area contributed by atoms with Crippen molar-refractivity contribution in [3.05, 3.63) is 70.7 Å². The number of hydrogen-bond donors (Lipinski definition) is 1. The molecule has 1 atom stereocenters. The minimum absolute atomic E-state index is 0.0578. The molecule has 0 bridgehead atoms. The number of halogens is 1. The highest BCUT2D eigenvalue weighted by Gasteiger charge is 2.34. The second-order valence-corrected chi connectivity index (χ2v) is 8.98. The van der Waals surface area contributed by atoms with Crippen LogP contribution in [-0.4, -0.2) is 47.3 Å². The summed E-state index contributed by atoms with van der Waals surface area (Å²) in [6.45, 7) is 3.41. The van der Waals surface area contributed by atoms with Crippen molar-refractivity contribution in [2.24, 2.45) is 0 Å². The van der Waals surface area contributed by atoms with E-state index in [2.05, 4.69) is 22.3 Å². The summed E-state index contributed by atoms with van der Waals surface area (Å²) < 4.78 is 0. The van der Waals surface area contributed by atoms with Crippen LogP contribution in [0.3, 0.4) is 0 Å². The zero-order valence-corrected chi connectivity index (χ0v) is 18.6. The van der Waals surface area contributed by atoms with E-state index in [1.54, 1.807) is 4.90 Å². The number of hydrogen-bond acceptors (Lipinski definition) is 3. The average molecular weight is 440 g/mol. The van der Waals surface area contributed by atoms with Crippen LogP contribution >= 0.6 is 11.6 Å². The fourth-order valence-electron chi connectivity index (χ4n) is 4.57. The minimum atomic E-state index is -0.541. The first-order valence-electron chi connectivity index (χ1n) is 11.2. The van der Waals surface area contributed by atoms with Crippen LogP contribution in [0.15, 0.2) is 54.6 Å². The quantitative estimate of drug-likeness (QED) is 0.734. The summed E-state index contributed by atoms with van der Waals surface area (Å²) in [6.07, 6.45) is 4.21. The lowest BCUT2D eigenvalue weighted by molar-refractivity contribution is -0.143. The Hall–Kier alpha value is -2.37. The molecule has 6 heteroatoms. The van der Waals surface area contributed by atoms with E-state index >= 15 is 0 Å². The van der Waals surface area contributed by atoms with Crippen LogP contribution < -0.4 is 5.32 Å². The fourth-order valence-corrected chi connectivity index (χ4v) is 4.70. The van der Waals surface area contributed by atoms with E-state index in [0.717, 1.165) is 55.9 Å². The molecule has 2 aromatic rings. The molecule has 0 aromatic heterocycles. The lowest BCUT2D eigenvalue weighted by Gasteiger charge is -2.37. The summed E-state index contributed by atoms with van der Waals surface area (Å²) >= 11 is 5.98. The normalized spacial score (nSPS) is 19.3. The summed E-state index contributed by atoms with van der Waals surface area (Å²) in [4.78, 5) is 30.1. The Morgan fingerprint density at radius 1 is 1.00 bits per heavy atom. The minimum Gasteiger partial charge on any atom is -0.351 e. The van der Waals surface area contributed by atoms with Crippen molar-refractivity contribution in [3.8, 4) is 0 Å². The maximum atomic E-state index is 13.3. The van der Waals surface area contributed by atoms with Gasteiger partial charge in [0.1, 0.15) is 6.04 Å². The lowest BCUT2D eigenvalue weighted by Crippen LogP contribution is -2.50. The summed E-state index contributed by atoms with van der Waals surface area (Å²) in [6, 6.07) is 17.3. The summed E-state index contributed by atoms with van der Waals surface area (Å²) in [7, 11) is 0. The molecule has 2 saturated heterocycles. The molecule has 5 nitrogen and oxygen atoms in total. The second kappa shape index (κ2) is 10.3. The Balaban J connectivity index is 1.36. The third-order valence-corrected chi connectivity index (χ3v) is 6.54. The van der Waals surface area contributed by atoms with Crippen LogP contribution in [0.1, 0.15) is 49.3 Å². The molecule has 2 aliphatic heterocycles. The monoisotopic (exact) mass is 439 g/mol. The highest BCUT2D eigenvalue weighted by molar-refractivity contribution is 6.30. The number of carbonyl (C=O) groups excluding carboxylic acids is 2. The van der Waals surface area contributed by atoms with Gasteiger partial charge in [-0.15, -0.1) is 0 Å². The van der Waals surface area contributed by atoms with Gasteiger partial charge in [0.15, 0.2) is 0 Å². The van der Waals surface area contributed by atoms with Gasteiger partial charge < -0.3 is 10.2 Å². The number of rotatable bonds is 6. The summed E-state index contributed by atoms with van der Waals surface area (Å²) in [5.41, 5.74) is 2.13. The van der Waals surface area contributed by atoms with Crippen molar-refractivity contribution in [1.82, 2.24) is 15.1 Å². The molecule has 31 heavy (non-hydrogen) atoms. The molecule has 2 aromatic carbocycles. The van der Waals surface area contributed by atoms with E-state index in [-0.39, 0.29) is 17.9 Å². The number of likely N-dealkylation sites (tertiary alicyclic amines) is 2. The van der Waals surface area contributed by atoms with Gasteiger partial charge >= 0.3 is 0 Å². The SMILES string of the molecule is O=C(NC1CCN(Cc2ccc(Cl)cc2)CC1)C(c1ccccc1)N1CCCCC1=O. The largest absolute Gasteiger partial charge is 0.351 e. The zero-order chi connectivity index (χ0) is 21.6. The van der Waals surface area contributed by atoms with Gasteiger partial charge in [-0.3, -0.25) is 14.5 Å². The van der Waals surface area contributed by atoms with Crippen molar-refractivity contribution in [1.29, 1.82) is 0 Å². The molecule has 2 aliphatic rings. The highest BCUT2D eigenvalue weighted by atomic mass is 35.5. The molecule has 2 heterocycles. The Labute approximate surface area is 189 Å². The third kappa shape index (κ3) is 5.66. The number of nitrogens with one attached hydrogen (secondary N) is 1. The van der Waals surface area contributed by atoms with Crippen molar-refractivity contribution >= 4 is 23.4 Å². The Kier molecular flexibility index (Phi) is 7.25. The first kappa shape index (κ1) is 21.8. The van der Waals surface area contributed by atoms with Crippen molar-refractivity contribution in [3.63, 3.8) is 0 Å². The van der Waals surface area contributed by atoms with E-state index in [4.69, 9.17) is 11.6 Å². The Morgan fingerprint density at radius 3 is 2.39 bits per heavy atom. The number of piperidine rings is 2. The number of carbonyl (C=O) groups is 2. The van der Waals surface area contributed by atoms with E-state index in [1.165, 1.54) is 5.56 Å². The van der Waals surface area contributed by atoms with Gasteiger partial charge in [-0.2, -0.15) is 0 Å². The zero-order valence-electron chi connectivity index (χ0n) is 17.8. The maximum Gasteiger partial charge on any atom is 0.247 e. The van der Waals surface area contributed by atoms with E-state index in [0.29, 0.717) is 13.0 Å². The van der Waals surface area contributed by atoms with Gasteiger partial charge in [-0.25, -0.2) is 0 Å². The predicted molar refractivity (Wildman–Crippen MR) is 123 cm³/mol. The molecule has 1 unspecified atom stereocenters.